The number of benzene rings is 2. The smallest absolute Gasteiger partial charge is 0.255 e. The third kappa shape index (κ3) is 4.28. The Morgan fingerprint density at radius 3 is 2.40 bits per heavy atom. The molecule has 1 heterocycles. The van der Waals surface area contributed by atoms with Gasteiger partial charge in [0, 0.05) is 24.6 Å². The maximum atomic E-state index is 13.6. The molecule has 0 radical (unpaired) electrons. The van der Waals surface area contributed by atoms with Crippen LogP contribution in [-0.4, -0.2) is 34.8 Å². The van der Waals surface area contributed by atoms with Crippen molar-refractivity contribution in [2.75, 3.05) is 6.54 Å². The van der Waals surface area contributed by atoms with Crippen molar-refractivity contribution in [2.45, 2.75) is 69.9 Å². The highest BCUT2D eigenvalue weighted by molar-refractivity contribution is 6.02. The number of rotatable bonds is 5. The molecule has 0 bridgehead atoms. The Balaban J connectivity index is 1.59. The lowest BCUT2D eigenvalue weighted by molar-refractivity contribution is -0.132. The first-order valence-corrected chi connectivity index (χ1v) is 11.3. The van der Waals surface area contributed by atoms with Gasteiger partial charge in [0.1, 0.15) is 5.54 Å². The second kappa shape index (κ2) is 9.03. The molecule has 0 saturated heterocycles. The molecule has 30 heavy (non-hydrogen) atoms. The third-order valence-electron chi connectivity index (χ3n) is 6.77. The molecule has 4 heteroatoms. The quantitative estimate of drug-likeness (QED) is 0.745. The van der Waals surface area contributed by atoms with Crippen LogP contribution in [0.4, 0.5) is 0 Å². The van der Waals surface area contributed by atoms with E-state index in [4.69, 9.17) is 0 Å². The van der Waals surface area contributed by atoms with Crippen molar-refractivity contribution in [1.82, 2.24) is 10.2 Å². The highest BCUT2D eigenvalue weighted by atomic mass is 16.2. The third-order valence-corrected chi connectivity index (χ3v) is 6.77. The molecule has 2 aliphatic rings. The van der Waals surface area contributed by atoms with Gasteiger partial charge < -0.3 is 10.2 Å². The second-order valence-corrected chi connectivity index (χ2v) is 8.96. The zero-order valence-electron chi connectivity index (χ0n) is 17.9. The fourth-order valence-corrected chi connectivity index (χ4v) is 4.92. The van der Waals surface area contributed by atoms with E-state index in [2.05, 4.69) is 17.4 Å². The van der Waals surface area contributed by atoms with Crippen molar-refractivity contribution < 1.29 is 9.59 Å². The van der Waals surface area contributed by atoms with E-state index in [0.29, 0.717) is 13.0 Å². The molecule has 1 N–H and O–H groups in total. The van der Waals surface area contributed by atoms with Crippen LogP contribution in [0.1, 0.15) is 66.9 Å². The highest BCUT2D eigenvalue weighted by Crippen LogP contribution is 2.32. The van der Waals surface area contributed by atoms with E-state index in [1.807, 2.05) is 54.3 Å². The molecule has 4 nitrogen and oxygen atoms in total. The zero-order valence-corrected chi connectivity index (χ0v) is 17.9. The lowest BCUT2D eigenvalue weighted by Crippen LogP contribution is -2.64. The van der Waals surface area contributed by atoms with Crippen molar-refractivity contribution in [3.8, 4) is 0 Å². The minimum absolute atomic E-state index is 0.00897. The number of nitrogens with one attached hydrogen (secondary N) is 1. The Morgan fingerprint density at radius 1 is 1.00 bits per heavy atom. The molecule has 0 aromatic heterocycles. The molecule has 2 aromatic rings. The number of hydrogen-bond donors (Lipinski definition) is 1. The summed E-state index contributed by atoms with van der Waals surface area (Å²) in [6.45, 7) is 2.48. The first-order chi connectivity index (χ1) is 14.6. The number of carbonyl (C=O) groups excluding carboxylic acids is 2. The van der Waals surface area contributed by atoms with Crippen LogP contribution >= 0.6 is 0 Å². The number of nitrogens with zero attached hydrogens (tertiary/aromatic N) is 1. The van der Waals surface area contributed by atoms with Gasteiger partial charge in [-0.05, 0) is 43.4 Å². The van der Waals surface area contributed by atoms with Gasteiger partial charge >= 0.3 is 0 Å². The molecule has 1 aliphatic heterocycles. The van der Waals surface area contributed by atoms with Gasteiger partial charge in [-0.2, -0.15) is 0 Å². The van der Waals surface area contributed by atoms with Crippen LogP contribution in [0.25, 0.3) is 0 Å². The summed E-state index contributed by atoms with van der Waals surface area (Å²) in [5.41, 5.74) is 2.00. The number of fused-ring (bicyclic) bond motifs is 1. The molecule has 4 rings (SSSR count). The van der Waals surface area contributed by atoms with Gasteiger partial charge in [-0.3, -0.25) is 9.59 Å². The lowest BCUT2D eigenvalue weighted by Gasteiger charge is -2.44. The first-order valence-electron chi connectivity index (χ1n) is 11.3. The zero-order chi connectivity index (χ0) is 21.0. The molecular weight excluding hydrogens is 372 g/mol. The second-order valence-electron chi connectivity index (χ2n) is 8.96. The Morgan fingerprint density at radius 2 is 1.67 bits per heavy atom. The van der Waals surface area contributed by atoms with Crippen LogP contribution in [0.5, 0.6) is 0 Å². The molecular formula is C26H32N2O2. The Bertz CT molecular complexity index is 887. The maximum absolute atomic E-state index is 13.6. The Hall–Kier alpha value is -2.62. The van der Waals surface area contributed by atoms with Crippen LogP contribution in [0.15, 0.2) is 54.6 Å². The average Bonchev–Trinajstić information content (AvgIpc) is 3.03. The van der Waals surface area contributed by atoms with Gasteiger partial charge in [-0.25, -0.2) is 0 Å². The predicted molar refractivity (Wildman–Crippen MR) is 119 cm³/mol. The average molecular weight is 405 g/mol. The van der Waals surface area contributed by atoms with Crippen LogP contribution < -0.4 is 5.32 Å². The summed E-state index contributed by atoms with van der Waals surface area (Å²) in [4.78, 5) is 28.8. The summed E-state index contributed by atoms with van der Waals surface area (Å²) in [5, 5.41) is 3.32. The summed E-state index contributed by atoms with van der Waals surface area (Å²) in [6.07, 6.45) is 8.20. The van der Waals surface area contributed by atoms with Crippen molar-refractivity contribution in [2.24, 2.45) is 0 Å². The number of hydrogen-bond acceptors (Lipinski definition) is 2. The molecule has 1 atom stereocenters. The SMILES string of the molecule is C[C@]1(C(=O)NC2CCCCCC2)Cc2ccccc2C(=O)N1CCc1ccccc1. The summed E-state index contributed by atoms with van der Waals surface area (Å²) in [7, 11) is 0. The summed E-state index contributed by atoms with van der Waals surface area (Å²) in [6, 6.07) is 18.1. The van der Waals surface area contributed by atoms with Crippen LogP contribution in [0.2, 0.25) is 0 Å². The number of amides is 2. The predicted octanol–water partition coefficient (Wildman–Crippen LogP) is 4.53. The van der Waals surface area contributed by atoms with Crippen LogP contribution in [-0.2, 0) is 17.6 Å². The molecule has 0 spiro atoms. The summed E-state index contributed by atoms with van der Waals surface area (Å²) < 4.78 is 0. The molecule has 1 saturated carbocycles. The van der Waals surface area contributed by atoms with E-state index in [1.165, 1.54) is 31.2 Å². The van der Waals surface area contributed by atoms with E-state index in [0.717, 1.165) is 30.4 Å². The van der Waals surface area contributed by atoms with Crippen molar-refractivity contribution in [1.29, 1.82) is 0 Å². The van der Waals surface area contributed by atoms with Crippen molar-refractivity contribution >= 4 is 11.8 Å². The van der Waals surface area contributed by atoms with E-state index in [-0.39, 0.29) is 17.9 Å². The van der Waals surface area contributed by atoms with Gasteiger partial charge in [0.25, 0.3) is 5.91 Å². The minimum Gasteiger partial charge on any atom is -0.351 e. The van der Waals surface area contributed by atoms with Gasteiger partial charge in [0.05, 0.1) is 0 Å². The van der Waals surface area contributed by atoms with E-state index >= 15 is 0 Å². The Kier molecular flexibility index (Phi) is 6.21. The summed E-state index contributed by atoms with van der Waals surface area (Å²) in [5.74, 6) is -0.0448. The molecule has 1 fully saturated rings. The lowest BCUT2D eigenvalue weighted by atomic mass is 9.82. The topological polar surface area (TPSA) is 49.4 Å². The monoisotopic (exact) mass is 404 g/mol. The highest BCUT2D eigenvalue weighted by Gasteiger charge is 2.46. The van der Waals surface area contributed by atoms with Crippen molar-refractivity contribution in [3.63, 3.8) is 0 Å². The van der Waals surface area contributed by atoms with E-state index in [9.17, 15) is 9.59 Å². The molecule has 0 unspecified atom stereocenters. The molecule has 158 valence electrons. The minimum atomic E-state index is -0.869. The molecule has 2 amide bonds. The molecule has 2 aromatic carbocycles. The van der Waals surface area contributed by atoms with E-state index < -0.39 is 5.54 Å². The van der Waals surface area contributed by atoms with Crippen LogP contribution in [0, 0.1) is 0 Å². The van der Waals surface area contributed by atoms with Gasteiger partial charge in [0.15, 0.2) is 0 Å². The molecule has 1 aliphatic carbocycles. The van der Waals surface area contributed by atoms with Crippen molar-refractivity contribution in [3.05, 3.63) is 71.3 Å². The van der Waals surface area contributed by atoms with Gasteiger partial charge in [0.2, 0.25) is 5.91 Å². The maximum Gasteiger partial charge on any atom is 0.255 e. The number of carbonyl (C=O) groups is 2. The Labute approximate surface area is 179 Å². The first kappa shape index (κ1) is 20.6. The van der Waals surface area contributed by atoms with Gasteiger partial charge in [-0.15, -0.1) is 0 Å². The van der Waals surface area contributed by atoms with Crippen LogP contribution in [0.3, 0.4) is 0 Å². The fraction of sp³-hybridized carbons (Fsp3) is 0.462. The van der Waals surface area contributed by atoms with Gasteiger partial charge in [-0.1, -0.05) is 74.2 Å². The standard InChI is InChI=1S/C26H32N2O2/c1-26(25(30)27-22-14-7-2-3-8-15-22)19-21-13-9-10-16-23(21)24(29)28(26)18-17-20-11-5-4-6-12-20/h4-6,9-13,16,22H,2-3,7-8,14-15,17-19H2,1H3,(H,27,30)/t26-/m1/s1. The van der Waals surface area contributed by atoms with E-state index in [1.54, 1.807) is 0 Å². The largest absolute Gasteiger partial charge is 0.351 e. The fourth-order valence-electron chi connectivity index (χ4n) is 4.92. The normalized spacial score (nSPS) is 22.3. The summed E-state index contributed by atoms with van der Waals surface area (Å²) >= 11 is 0.